The van der Waals surface area contributed by atoms with Gasteiger partial charge in [0.25, 0.3) is 5.91 Å². The van der Waals surface area contributed by atoms with E-state index in [2.05, 4.69) is 15.6 Å². The minimum Gasteiger partial charge on any atom is -0.348 e. The number of hydrogen-bond acceptors (Lipinski definition) is 3. The Morgan fingerprint density at radius 1 is 0.964 bits per heavy atom. The normalized spacial score (nSPS) is 10.3. The fourth-order valence-corrected chi connectivity index (χ4v) is 2.85. The average molecular weight is 373 g/mol. The van der Waals surface area contributed by atoms with Crippen molar-refractivity contribution in [1.82, 2.24) is 10.3 Å². The number of nitrogens with one attached hydrogen (secondary N) is 2. The highest BCUT2D eigenvalue weighted by Gasteiger charge is 2.08. The minimum absolute atomic E-state index is 0.0444. The number of benzene rings is 2. The van der Waals surface area contributed by atoms with Crippen LogP contribution < -0.4 is 10.6 Å². The second kappa shape index (κ2) is 9.46. The molecule has 0 aliphatic rings. The molecule has 0 atom stereocenters. The predicted octanol–water partition coefficient (Wildman–Crippen LogP) is 3.89. The van der Waals surface area contributed by atoms with Crippen LogP contribution in [0, 0.1) is 6.92 Å². The highest BCUT2D eigenvalue weighted by atomic mass is 16.2. The van der Waals surface area contributed by atoms with E-state index in [-0.39, 0.29) is 11.8 Å². The van der Waals surface area contributed by atoms with Crippen LogP contribution in [0.15, 0.2) is 73.1 Å². The zero-order chi connectivity index (χ0) is 19.8. The molecule has 5 nitrogen and oxygen atoms in total. The van der Waals surface area contributed by atoms with Crippen LogP contribution in [-0.4, -0.2) is 16.8 Å². The van der Waals surface area contributed by atoms with Crippen molar-refractivity contribution < 1.29 is 9.59 Å². The van der Waals surface area contributed by atoms with Crippen LogP contribution in [0.1, 0.15) is 33.5 Å². The van der Waals surface area contributed by atoms with Gasteiger partial charge in [0, 0.05) is 36.6 Å². The molecule has 0 radical (unpaired) electrons. The van der Waals surface area contributed by atoms with Crippen molar-refractivity contribution in [1.29, 1.82) is 0 Å². The Morgan fingerprint density at radius 2 is 1.75 bits per heavy atom. The lowest BCUT2D eigenvalue weighted by Gasteiger charge is -2.08. The molecular formula is C23H23N3O2. The molecule has 28 heavy (non-hydrogen) atoms. The van der Waals surface area contributed by atoms with Gasteiger partial charge in [-0.25, -0.2) is 0 Å². The van der Waals surface area contributed by atoms with Gasteiger partial charge in [0.15, 0.2) is 0 Å². The Morgan fingerprint density at radius 3 is 2.46 bits per heavy atom. The van der Waals surface area contributed by atoms with Gasteiger partial charge in [0.05, 0.1) is 0 Å². The van der Waals surface area contributed by atoms with E-state index in [9.17, 15) is 9.59 Å². The topological polar surface area (TPSA) is 71.1 Å². The first-order chi connectivity index (χ1) is 13.6. The molecule has 0 aliphatic heterocycles. The van der Waals surface area contributed by atoms with Crippen LogP contribution in [0.5, 0.6) is 0 Å². The average Bonchev–Trinajstić information content (AvgIpc) is 2.73. The van der Waals surface area contributed by atoms with Crippen LogP contribution in [-0.2, 0) is 17.8 Å². The Balaban J connectivity index is 1.49. The van der Waals surface area contributed by atoms with Gasteiger partial charge in [-0.05, 0) is 60.4 Å². The lowest BCUT2D eigenvalue weighted by atomic mass is 10.0. The van der Waals surface area contributed by atoms with E-state index in [4.69, 9.17) is 0 Å². The third-order valence-electron chi connectivity index (χ3n) is 4.49. The highest BCUT2D eigenvalue weighted by molar-refractivity contribution is 5.95. The summed E-state index contributed by atoms with van der Waals surface area (Å²) in [5.74, 6) is -0.210. The van der Waals surface area contributed by atoms with E-state index < -0.39 is 0 Å². The second-order valence-corrected chi connectivity index (χ2v) is 6.60. The molecule has 2 N–H and O–H groups in total. The summed E-state index contributed by atoms with van der Waals surface area (Å²) >= 11 is 0. The number of nitrogens with zero attached hydrogens (tertiary/aromatic N) is 1. The van der Waals surface area contributed by atoms with Crippen molar-refractivity contribution in [3.05, 3.63) is 95.3 Å². The van der Waals surface area contributed by atoms with Gasteiger partial charge in [-0.15, -0.1) is 0 Å². The quantitative estimate of drug-likeness (QED) is 0.660. The first kappa shape index (κ1) is 19.3. The van der Waals surface area contributed by atoms with Crippen LogP contribution in [0.25, 0.3) is 0 Å². The van der Waals surface area contributed by atoms with Gasteiger partial charge in [0.2, 0.25) is 5.91 Å². The molecule has 0 fully saturated rings. The third-order valence-corrected chi connectivity index (χ3v) is 4.49. The van der Waals surface area contributed by atoms with Gasteiger partial charge < -0.3 is 10.6 Å². The lowest BCUT2D eigenvalue weighted by Crippen LogP contribution is -2.22. The molecular weight excluding hydrogens is 350 g/mol. The third kappa shape index (κ3) is 5.51. The molecule has 2 amide bonds. The van der Waals surface area contributed by atoms with E-state index >= 15 is 0 Å². The van der Waals surface area contributed by atoms with Crippen LogP contribution >= 0.6 is 0 Å². The molecule has 5 heteroatoms. The number of hydrogen-bond donors (Lipinski definition) is 2. The first-order valence-corrected chi connectivity index (χ1v) is 9.23. The number of rotatable bonds is 7. The molecule has 0 aliphatic carbocycles. The minimum atomic E-state index is -0.165. The van der Waals surface area contributed by atoms with Crippen LogP contribution in [0.4, 0.5) is 5.69 Å². The Labute approximate surface area is 164 Å². The van der Waals surface area contributed by atoms with Crippen molar-refractivity contribution in [3.8, 4) is 0 Å². The van der Waals surface area contributed by atoms with Gasteiger partial charge in [0.1, 0.15) is 0 Å². The SMILES string of the molecule is Cc1ccccc1CCC(=O)Nc1ccc(C(=O)NCc2cccnc2)cc1. The maximum atomic E-state index is 12.2. The smallest absolute Gasteiger partial charge is 0.251 e. The summed E-state index contributed by atoms with van der Waals surface area (Å²) in [5, 5.41) is 5.73. The van der Waals surface area contributed by atoms with E-state index in [1.165, 1.54) is 11.1 Å². The maximum absolute atomic E-state index is 12.2. The molecule has 3 rings (SSSR count). The number of pyridine rings is 1. The molecule has 3 aromatic rings. The van der Waals surface area contributed by atoms with Crippen molar-refractivity contribution >= 4 is 17.5 Å². The summed E-state index contributed by atoms with van der Waals surface area (Å²) in [6, 6.07) is 18.7. The summed E-state index contributed by atoms with van der Waals surface area (Å²) in [6.07, 6.45) is 4.53. The Hall–Kier alpha value is -3.47. The molecule has 1 heterocycles. The zero-order valence-electron chi connectivity index (χ0n) is 15.8. The van der Waals surface area contributed by atoms with Crippen molar-refractivity contribution in [2.24, 2.45) is 0 Å². The van der Waals surface area contributed by atoms with Crippen LogP contribution in [0.3, 0.4) is 0 Å². The fraction of sp³-hybridized carbons (Fsp3) is 0.174. The number of carbonyl (C=O) groups is 2. The predicted molar refractivity (Wildman–Crippen MR) is 110 cm³/mol. The maximum Gasteiger partial charge on any atom is 0.251 e. The monoisotopic (exact) mass is 373 g/mol. The Bertz CT molecular complexity index is 938. The van der Waals surface area contributed by atoms with Gasteiger partial charge in [-0.2, -0.15) is 0 Å². The number of amides is 2. The van der Waals surface area contributed by atoms with Crippen LogP contribution in [0.2, 0.25) is 0 Å². The molecule has 1 aromatic heterocycles. The first-order valence-electron chi connectivity index (χ1n) is 9.23. The molecule has 2 aromatic carbocycles. The van der Waals surface area contributed by atoms with Gasteiger partial charge in [-0.3, -0.25) is 14.6 Å². The summed E-state index contributed by atoms with van der Waals surface area (Å²) in [4.78, 5) is 28.4. The van der Waals surface area contributed by atoms with E-state index in [1.54, 1.807) is 36.7 Å². The number of carbonyl (C=O) groups excluding carboxylic acids is 2. The second-order valence-electron chi connectivity index (χ2n) is 6.60. The molecule has 0 spiro atoms. The van der Waals surface area contributed by atoms with Gasteiger partial charge in [-0.1, -0.05) is 30.3 Å². The summed E-state index contributed by atoms with van der Waals surface area (Å²) < 4.78 is 0. The lowest BCUT2D eigenvalue weighted by molar-refractivity contribution is -0.116. The molecule has 0 saturated heterocycles. The highest BCUT2D eigenvalue weighted by Crippen LogP contribution is 2.13. The Kier molecular flexibility index (Phi) is 6.52. The molecule has 0 unspecified atom stereocenters. The number of aromatic nitrogens is 1. The standard InChI is InChI=1S/C23H23N3O2/c1-17-5-2-3-7-19(17)10-13-22(27)26-21-11-8-20(9-12-21)23(28)25-16-18-6-4-14-24-15-18/h2-9,11-12,14-15H,10,13,16H2,1H3,(H,25,28)(H,26,27). The van der Waals surface area contributed by atoms with E-state index in [0.717, 1.165) is 5.56 Å². The van der Waals surface area contributed by atoms with E-state index in [1.807, 2.05) is 43.3 Å². The fourth-order valence-electron chi connectivity index (χ4n) is 2.85. The molecule has 0 saturated carbocycles. The number of anilines is 1. The van der Waals surface area contributed by atoms with Crippen molar-refractivity contribution in [2.45, 2.75) is 26.3 Å². The summed E-state index contributed by atoms with van der Waals surface area (Å²) in [6.45, 7) is 2.47. The molecule has 0 bridgehead atoms. The van der Waals surface area contributed by atoms with E-state index in [0.29, 0.717) is 30.6 Å². The zero-order valence-corrected chi connectivity index (χ0v) is 15.8. The molecule has 142 valence electrons. The largest absolute Gasteiger partial charge is 0.348 e. The van der Waals surface area contributed by atoms with Crippen molar-refractivity contribution in [3.63, 3.8) is 0 Å². The summed E-state index contributed by atoms with van der Waals surface area (Å²) in [5.41, 5.74) is 4.53. The van der Waals surface area contributed by atoms with Gasteiger partial charge >= 0.3 is 0 Å². The number of aryl methyl sites for hydroxylation is 2. The van der Waals surface area contributed by atoms with Crippen molar-refractivity contribution in [2.75, 3.05) is 5.32 Å². The summed E-state index contributed by atoms with van der Waals surface area (Å²) in [7, 11) is 0.